The first kappa shape index (κ1) is 21.6. The van der Waals surface area contributed by atoms with Gasteiger partial charge in [-0.25, -0.2) is 4.79 Å². The number of hydrogen-bond donors (Lipinski definition) is 0. The van der Waals surface area contributed by atoms with Crippen molar-refractivity contribution in [1.82, 2.24) is 9.55 Å². The molecular formula is C26H31N3O. The van der Waals surface area contributed by atoms with Crippen molar-refractivity contribution in [3.8, 4) is 11.3 Å². The van der Waals surface area contributed by atoms with E-state index in [9.17, 15) is 4.79 Å². The first-order valence-corrected chi connectivity index (χ1v) is 10.5. The Morgan fingerprint density at radius 1 is 1.00 bits per heavy atom. The van der Waals surface area contributed by atoms with E-state index in [4.69, 9.17) is 0 Å². The number of rotatable bonds is 8. The molecule has 3 rings (SSSR count). The van der Waals surface area contributed by atoms with E-state index in [1.807, 2.05) is 32.1 Å². The van der Waals surface area contributed by atoms with Gasteiger partial charge in [-0.2, -0.15) is 4.98 Å². The van der Waals surface area contributed by atoms with Crippen LogP contribution in [-0.4, -0.2) is 22.6 Å². The van der Waals surface area contributed by atoms with E-state index in [1.54, 1.807) is 4.57 Å². The molecule has 0 saturated carbocycles. The molecule has 4 heteroatoms. The maximum Gasteiger partial charge on any atom is 0.348 e. The fourth-order valence-electron chi connectivity index (χ4n) is 3.78. The molecule has 0 saturated heterocycles. The van der Waals surface area contributed by atoms with Crippen LogP contribution in [0.5, 0.6) is 0 Å². The largest absolute Gasteiger partial charge is 0.364 e. The zero-order valence-corrected chi connectivity index (χ0v) is 18.4. The summed E-state index contributed by atoms with van der Waals surface area (Å²) in [5, 5.41) is 0.969. The van der Waals surface area contributed by atoms with Crippen LogP contribution in [0.3, 0.4) is 0 Å². The van der Waals surface area contributed by atoms with Gasteiger partial charge in [-0.05, 0) is 43.5 Å². The van der Waals surface area contributed by atoms with Gasteiger partial charge < -0.3 is 4.90 Å². The minimum atomic E-state index is -0.220. The predicted octanol–water partition coefficient (Wildman–Crippen LogP) is 5.95. The SMILES string of the molecule is C=CCN(CC=C)c1ccc2c(c1)c(-c1ccc(C(C)C)cc1)nc(=O)n2C(C)C. The van der Waals surface area contributed by atoms with Crippen molar-refractivity contribution in [2.45, 2.75) is 39.7 Å². The fraction of sp³-hybridized carbons (Fsp3) is 0.308. The first-order valence-electron chi connectivity index (χ1n) is 10.5. The molecule has 0 unspecified atom stereocenters. The molecule has 0 atom stereocenters. The molecule has 0 spiro atoms. The zero-order valence-electron chi connectivity index (χ0n) is 18.4. The Labute approximate surface area is 179 Å². The molecule has 3 aromatic rings. The zero-order chi connectivity index (χ0) is 21.8. The molecule has 1 aromatic heterocycles. The molecule has 0 fully saturated rings. The third kappa shape index (κ3) is 4.23. The Kier molecular flexibility index (Phi) is 6.56. The van der Waals surface area contributed by atoms with Gasteiger partial charge in [0.1, 0.15) is 0 Å². The average molecular weight is 402 g/mol. The number of aromatic nitrogens is 2. The second kappa shape index (κ2) is 9.12. The second-order valence-corrected chi connectivity index (χ2v) is 8.17. The van der Waals surface area contributed by atoms with Crippen molar-refractivity contribution in [2.24, 2.45) is 0 Å². The van der Waals surface area contributed by atoms with Crippen molar-refractivity contribution >= 4 is 16.6 Å². The van der Waals surface area contributed by atoms with E-state index in [0.29, 0.717) is 19.0 Å². The van der Waals surface area contributed by atoms with Gasteiger partial charge >= 0.3 is 5.69 Å². The van der Waals surface area contributed by atoms with Crippen molar-refractivity contribution in [3.63, 3.8) is 0 Å². The highest BCUT2D eigenvalue weighted by molar-refractivity contribution is 5.94. The Hall–Kier alpha value is -3.14. The molecule has 0 N–H and O–H groups in total. The number of fused-ring (bicyclic) bond motifs is 1. The Morgan fingerprint density at radius 3 is 2.17 bits per heavy atom. The van der Waals surface area contributed by atoms with Gasteiger partial charge in [0, 0.05) is 35.8 Å². The van der Waals surface area contributed by atoms with E-state index >= 15 is 0 Å². The van der Waals surface area contributed by atoms with Crippen LogP contribution in [0.2, 0.25) is 0 Å². The molecule has 4 nitrogen and oxygen atoms in total. The van der Waals surface area contributed by atoms with E-state index in [2.05, 4.69) is 73.3 Å². The number of benzene rings is 2. The lowest BCUT2D eigenvalue weighted by Gasteiger charge is -2.23. The van der Waals surface area contributed by atoms with Gasteiger partial charge in [-0.3, -0.25) is 4.57 Å². The lowest BCUT2D eigenvalue weighted by molar-refractivity contribution is 0.587. The van der Waals surface area contributed by atoms with E-state index in [1.165, 1.54) is 5.56 Å². The topological polar surface area (TPSA) is 38.1 Å². The van der Waals surface area contributed by atoms with Gasteiger partial charge in [0.25, 0.3) is 0 Å². The van der Waals surface area contributed by atoms with Crippen LogP contribution in [0.15, 0.2) is 72.6 Å². The van der Waals surface area contributed by atoms with Gasteiger partial charge in [-0.1, -0.05) is 50.3 Å². The average Bonchev–Trinajstić information content (AvgIpc) is 2.72. The van der Waals surface area contributed by atoms with E-state index < -0.39 is 0 Å². The summed E-state index contributed by atoms with van der Waals surface area (Å²) in [4.78, 5) is 19.6. The van der Waals surface area contributed by atoms with Crippen molar-refractivity contribution in [3.05, 3.63) is 83.8 Å². The van der Waals surface area contributed by atoms with Crippen LogP contribution in [0.4, 0.5) is 5.69 Å². The van der Waals surface area contributed by atoms with Crippen LogP contribution in [0, 0.1) is 0 Å². The van der Waals surface area contributed by atoms with Crippen LogP contribution in [0.1, 0.15) is 45.2 Å². The summed E-state index contributed by atoms with van der Waals surface area (Å²) in [6.45, 7) is 17.5. The van der Waals surface area contributed by atoms with Crippen molar-refractivity contribution < 1.29 is 0 Å². The summed E-state index contributed by atoms with van der Waals surface area (Å²) in [5.74, 6) is 0.454. The predicted molar refractivity (Wildman–Crippen MR) is 129 cm³/mol. The highest BCUT2D eigenvalue weighted by Crippen LogP contribution is 2.31. The molecule has 156 valence electrons. The lowest BCUT2D eigenvalue weighted by Crippen LogP contribution is -2.26. The number of hydrogen-bond acceptors (Lipinski definition) is 3. The smallest absolute Gasteiger partial charge is 0.348 e. The second-order valence-electron chi connectivity index (χ2n) is 8.17. The highest BCUT2D eigenvalue weighted by atomic mass is 16.1. The summed E-state index contributed by atoms with van der Waals surface area (Å²) >= 11 is 0. The monoisotopic (exact) mass is 401 g/mol. The first-order chi connectivity index (χ1) is 14.4. The summed E-state index contributed by atoms with van der Waals surface area (Å²) in [6, 6.07) is 14.6. The normalized spacial score (nSPS) is 11.3. The summed E-state index contributed by atoms with van der Waals surface area (Å²) in [5.41, 5.74) is 4.67. The number of anilines is 1. The third-order valence-corrected chi connectivity index (χ3v) is 5.34. The molecule has 1 heterocycles. The quantitative estimate of drug-likeness (QED) is 0.438. The molecule has 0 radical (unpaired) electrons. The fourth-order valence-corrected chi connectivity index (χ4v) is 3.78. The molecule has 0 amide bonds. The Balaban J connectivity index is 2.28. The Bertz CT molecular complexity index is 1100. The Morgan fingerprint density at radius 2 is 1.63 bits per heavy atom. The van der Waals surface area contributed by atoms with Crippen LogP contribution in [-0.2, 0) is 0 Å². The molecule has 0 aliphatic heterocycles. The van der Waals surface area contributed by atoms with Gasteiger partial charge in [0.05, 0.1) is 11.2 Å². The van der Waals surface area contributed by atoms with Crippen molar-refractivity contribution in [1.29, 1.82) is 0 Å². The maximum absolute atomic E-state index is 12.9. The molecule has 0 bridgehead atoms. The molecule has 0 aliphatic rings. The molecular weight excluding hydrogens is 370 g/mol. The maximum atomic E-state index is 12.9. The minimum Gasteiger partial charge on any atom is -0.364 e. The molecule has 30 heavy (non-hydrogen) atoms. The van der Waals surface area contributed by atoms with Gasteiger partial charge in [0.15, 0.2) is 0 Å². The van der Waals surface area contributed by atoms with Crippen LogP contribution < -0.4 is 10.6 Å². The summed E-state index contributed by atoms with van der Waals surface area (Å²) in [7, 11) is 0. The highest BCUT2D eigenvalue weighted by Gasteiger charge is 2.16. The van der Waals surface area contributed by atoms with Gasteiger partial charge in [0.2, 0.25) is 0 Å². The number of nitrogens with zero attached hydrogens (tertiary/aromatic N) is 3. The lowest BCUT2D eigenvalue weighted by atomic mass is 9.99. The third-order valence-electron chi connectivity index (χ3n) is 5.34. The molecule has 2 aromatic carbocycles. The van der Waals surface area contributed by atoms with Crippen LogP contribution >= 0.6 is 0 Å². The standard InChI is InChI=1S/C26H31N3O/c1-7-15-28(16-8-2)22-13-14-24-23(17-22)25(27-26(30)29(24)19(5)6)21-11-9-20(10-12-21)18(3)4/h7-14,17-19H,1-2,15-16H2,3-6H3. The summed E-state index contributed by atoms with van der Waals surface area (Å²) < 4.78 is 1.76. The van der Waals surface area contributed by atoms with E-state index in [0.717, 1.165) is 27.8 Å². The minimum absolute atomic E-state index is 0.0215. The van der Waals surface area contributed by atoms with Crippen LogP contribution in [0.25, 0.3) is 22.2 Å². The summed E-state index contributed by atoms with van der Waals surface area (Å²) in [6.07, 6.45) is 3.76. The molecule has 0 aliphatic carbocycles. The van der Waals surface area contributed by atoms with E-state index in [-0.39, 0.29) is 11.7 Å². The van der Waals surface area contributed by atoms with Gasteiger partial charge in [-0.15, -0.1) is 13.2 Å². The van der Waals surface area contributed by atoms with Crippen molar-refractivity contribution in [2.75, 3.05) is 18.0 Å².